The van der Waals surface area contributed by atoms with E-state index in [0.29, 0.717) is 24.2 Å². The number of rotatable bonds is 4. The van der Waals surface area contributed by atoms with Gasteiger partial charge in [0.05, 0.1) is 18.7 Å². The van der Waals surface area contributed by atoms with Crippen LogP contribution in [-0.2, 0) is 44.4 Å². The maximum atomic E-state index is 13.2. The molecule has 170 valence electrons. The van der Waals surface area contributed by atoms with Crippen LogP contribution in [0.1, 0.15) is 27.9 Å². The minimum Gasteiger partial charge on any atom is -0.433 e. The van der Waals surface area contributed by atoms with Gasteiger partial charge in [0.2, 0.25) is 0 Å². The van der Waals surface area contributed by atoms with Crippen molar-refractivity contribution in [3.05, 3.63) is 103 Å². The molecule has 0 saturated carbocycles. The van der Waals surface area contributed by atoms with Gasteiger partial charge in [-0.05, 0) is 16.7 Å². The third-order valence-corrected chi connectivity index (χ3v) is 6.46. The molecule has 0 unspecified atom stereocenters. The Bertz CT molecular complexity index is 1290. The van der Waals surface area contributed by atoms with E-state index >= 15 is 0 Å². The highest BCUT2D eigenvalue weighted by atomic mass is 16.6. The van der Waals surface area contributed by atoms with Crippen molar-refractivity contribution < 1.29 is 9.53 Å². The number of nitrogens with zero attached hydrogens (tertiary/aromatic N) is 4. The van der Waals surface area contributed by atoms with Crippen LogP contribution < -0.4 is 11.2 Å². The van der Waals surface area contributed by atoms with Gasteiger partial charge < -0.3 is 14.2 Å². The Morgan fingerprint density at radius 3 is 2.30 bits per heavy atom. The lowest BCUT2D eigenvalue weighted by molar-refractivity contribution is 0.0393. The minimum atomic E-state index is -0.445. The Morgan fingerprint density at radius 1 is 0.939 bits per heavy atom. The van der Waals surface area contributed by atoms with Crippen LogP contribution in [0, 0.1) is 0 Å². The Balaban J connectivity index is 1.30. The van der Waals surface area contributed by atoms with E-state index in [4.69, 9.17) is 4.74 Å². The molecular weight excluding hydrogens is 420 g/mol. The molecule has 0 aliphatic carbocycles. The molecule has 0 bridgehead atoms. The zero-order valence-corrected chi connectivity index (χ0v) is 18.6. The maximum Gasteiger partial charge on any atom is 0.411 e. The van der Waals surface area contributed by atoms with E-state index in [9.17, 15) is 14.4 Å². The van der Waals surface area contributed by atoms with Crippen molar-refractivity contribution in [2.45, 2.75) is 32.6 Å². The molecule has 5 rings (SSSR count). The topological polar surface area (TPSA) is 76.8 Å². The summed E-state index contributed by atoms with van der Waals surface area (Å²) in [6.07, 6.45) is -0.00769. The molecule has 3 heterocycles. The quantitative estimate of drug-likeness (QED) is 0.613. The summed E-state index contributed by atoms with van der Waals surface area (Å²) in [5.41, 5.74) is 3.85. The van der Waals surface area contributed by atoms with Crippen molar-refractivity contribution in [3.8, 4) is 0 Å². The van der Waals surface area contributed by atoms with Gasteiger partial charge in [-0.1, -0.05) is 54.6 Å². The van der Waals surface area contributed by atoms with Gasteiger partial charge in [-0.2, -0.15) is 0 Å². The van der Waals surface area contributed by atoms with E-state index in [1.54, 1.807) is 11.9 Å². The number of fused-ring (bicyclic) bond motifs is 2. The highest BCUT2D eigenvalue weighted by Gasteiger charge is 2.28. The molecule has 0 atom stereocenters. The molecule has 0 spiro atoms. The van der Waals surface area contributed by atoms with Crippen LogP contribution >= 0.6 is 0 Å². The Hall–Kier alpha value is -3.65. The van der Waals surface area contributed by atoms with Gasteiger partial charge >= 0.3 is 11.8 Å². The molecular formula is C25H26N4O4. The fourth-order valence-electron chi connectivity index (χ4n) is 4.65. The molecule has 0 fully saturated rings. The smallest absolute Gasteiger partial charge is 0.411 e. The largest absolute Gasteiger partial charge is 0.433 e. The maximum absolute atomic E-state index is 13.2. The molecule has 0 saturated heterocycles. The van der Waals surface area contributed by atoms with E-state index in [0.717, 1.165) is 18.7 Å². The SMILES string of the molecule is Cn1c2c(c(=O)n(Cc3ccccc3)c1=O)CN(C(=O)OCN1Cc3ccccc3C1)CC2. The molecule has 0 radical (unpaired) electrons. The number of benzene rings is 2. The van der Waals surface area contributed by atoms with Crippen LogP contribution in [0.3, 0.4) is 0 Å². The first-order valence-electron chi connectivity index (χ1n) is 11.1. The molecule has 1 amide bonds. The van der Waals surface area contributed by atoms with Crippen molar-refractivity contribution in [1.82, 2.24) is 18.9 Å². The molecule has 3 aromatic rings. The van der Waals surface area contributed by atoms with Crippen molar-refractivity contribution >= 4 is 6.09 Å². The van der Waals surface area contributed by atoms with E-state index < -0.39 is 6.09 Å². The van der Waals surface area contributed by atoms with Crippen LogP contribution in [0.4, 0.5) is 4.79 Å². The van der Waals surface area contributed by atoms with Crippen molar-refractivity contribution in [1.29, 1.82) is 0 Å². The van der Waals surface area contributed by atoms with Gasteiger partial charge in [0, 0.05) is 38.8 Å². The minimum absolute atomic E-state index is 0.135. The second-order valence-corrected chi connectivity index (χ2v) is 8.61. The van der Waals surface area contributed by atoms with Gasteiger partial charge in [-0.15, -0.1) is 0 Å². The predicted octanol–water partition coefficient (Wildman–Crippen LogP) is 2.06. The van der Waals surface area contributed by atoms with Crippen molar-refractivity contribution in [2.24, 2.45) is 7.05 Å². The van der Waals surface area contributed by atoms with E-state index in [2.05, 4.69) is 17.0 Å². The third kappa shape index (κ3) is 4.09. The van der Waals surface area contributed by atoms with Gasteiger partial charge in [0.15, 0.2) is 0 Å². The summed E-state index contributed by atoms with van der Waals surface area (Å²) < 4.78 is 8.34. The molecule has 8 nitrogen and oxygen atoms in total. The molecule has 2 aromatic carbocycles. The first-order chi connectivity index (χ1) is 16.0. The second kappa shape index (κ2) is 8.71. The summed E-state index contributed by atoms with van der Waals surface area (Å²) >= 11 is 0. The highest BCUT2D eigenvalue weighted by molar-refractivity contribution is 5.68. The van der Waals surface area contributed by atoms with Gasteiger partial charge in [-0.3, -0.25) is 14.3 Å². The molecule has 2 aliphatic heterocycles. The molecule has 1 aromatic heterocycles. The van der Waals surface area contributed by atoms with Gasteiger partial charge in [-0.25, -0.2) is 9.59 Å². The second-order valence-electron chi connectivity index (χ2n) is 8.61. The van der Waals surface area contributed by atoms with Crippen molar-refractivity contribution in [3.63, 3.8) is 0 Å². The fraction of sp³-hybridized carbons (Fsp3) is 0.320. The fourth-order valence-corrected chi connectivity index (χ4v) is 4.65. The number of ether oxygens (including phenoxy) is 1. The highest BCUT2D eigenvalue weighted by Crippen LogP contribution is 2.22. The normalized spacial score (nSPS) is 15.2. The van der Waals surface area contributed by atoms with E-state index in [1.807, 2.05) is 42.5 Å². The number of carbonyl (C=O) groups is 1. The third-order valence-electron chi connectivity index (χ3n) is 6.46. The Morgan fingerprint density at radius 2 is 1.61 bits per heavy atom. The summed E-state index contributed by atoms with van der Waals surface area (Å²) in [6, 6.07) is 17.6. The van der Waals surface area contributed by atoms with Crippen molar-refractivity contribution in [2.75, 3.05) is 13.3 Å². The zero-order valence-electron chi connectivity index (χ0n) is 18.6. The molecule has 8 heteroatoms. The summed E-state index contributed by atoms with van der Waals surface area (Å²) in [7, 11) is 1.68. The van der Waals surface area contributed by atoms with Crippen LogP contribution in [0.5, 0.6) is 0 Å². The lowest BCUT2D eigenvalue weighted by atomic mass is 10.1. The number of hydrogen-bond acceptors (Lipinski definition) is 5. The first-order valence-corrected chi connectivity index (χ1v) is 11.1. The van der Waals surface area contributed by atoms with Crippen LogP contribution in [0.2, 0.25) is 0 Å². The summed E-state index contributed by atoms with van der Waals surface area (Å²) in [5, 5.41) is 0. The summed E-state index contributed by atoms with van der Waals surface area (Å²) in [5.74, 6) is 0. The average Bonchev–Trinajstić information content (AvgIpc) is 3.27. The standard InChI is InChI=1S/C25H26N4O4/c1-26-22-11-12-28(25(32)33-17-27-14-19-9-5-6-10-20(19)15-27)16-21(22)23(30)29(24(26)31)13-18-7-3-2-4-8-18/h2-10H,11-17H2,1H3. The number of carbonyl (C=O) groups excluding carboxylic acids is 1. The summed E-state index contributed by atoms with van der Waals surface area (Å²) in [4.78, 5) is 42.4. The van der Waals surface area contributed by atoms with Crippen LogP contribution in [-0.4, -0.2) is 38.3 Å². The summed E-state index contributed by atoms with van der Waals surface area (Å²) in [6.45, 7) is 2.43. The van der Waals surface area contributed by atoms with Gasteiger partial charge in [0.25, 0.3) is 5.56 Å². The molecule has 2 aliphatic rings. The Labute approximate surface area is 191 Å². The number of aromatic nitrogens is 2. The van der Waals surface area contributed by atoms with Crippen LogP contribution in [0.15, 0.2) is 64.2 Å². The number of hydrogen-bond donors (Lipinski definition) is 0. The van der Waals surface area contributed by atoms with E-state index in [-0.39, 0.29) is 31.1 Å². The predicted molar refractivity (Wildman–Crippen MR) is 123 cm³/mol. The van der Waals surface area contributed by atoms with E-state index in [1.165, 1.54) is 20.3 Å². The Kier molecular flexibility index (Phi) is 5.60. The van der Waals surface area contributed by atoms with Crippen LogP contribution in [0.25, 0.3) is 0 Å². The molecule has 33 heavy (non-hydrogen) atoms. The lowest BCUT2D eigenvalue weighted by Gasteiger charge is -2.29. The van der Waals surface area contributed by atoms with Gasteiger partial charge in [0.1, 0.15) is 6.73 Å². The zero-order chi connectivity index (χ0) is 22.9. The number of amides is 1. The average molecular weight is 447 g/mol. The molecule has 0 N–H and O–H groups in total. The monoisotopic (exact) mass is 446 g/mol. The lowest BCUT2D eigenvalue weighted by Crippen LogP contribution is -2.48. The first kappa shape index (κ1) is 21.2.